The lowest BCUT2D eigenvalue weighted by Crippen LogP contribution is -2.32. The SMILES string of the molecule is Fc1ccc(C2CNCC3(CCCC3)CO2)c(Br)c1. The van der Waals surface area contributed by atoms with Crippen molar-refractivity contribution in [3.63, 3.8) is 0 Å². The van der Waals surface area contributed by atoms with Gasteiger partial charge in [-0.2, -0.15) is 0 Å². The average Bonchev–Trinajstić information content (AvgIpc) is 2.73. The molecule has 1 N–H and O–H groups in total. The molecule has 0 aromatic heterocycles. The maximum atomic E-state index is 13.1. The highest BCUT2D eigenvalue weighted by Crippen LogP contribution is 2.40. The molecule has 1 spiro atoms. The molecule has 1 aromatic carbocycles. The van der Waals surface area contributed by atoms with Gasteiger partial charge in [0.05, 0.1) is 12.7 Å². The van der Waals surface area contributed by atoms with Gasteiger partial charge in [0, 0.05) is 23.0 Å². The standard InChI is InChI=1S/C15H19BrFNO/c16-13-7-11(17)3-4-12(13)14-8-18-9-15(10-19-14)5-1-2-6-15/h3-4,7,14,18H,1-2,5-6,8-10H2. The molecule has 1 heterocycles. The van der Waals surface area contributed by atoms with E-state index in [1.54, 1.807) is 0 Å². The summed E-state index contributed by atoms with van der Waals surface area (Å²) in [6.07, 6.45) is 5.16. The second-order valence-electron chi connectivity index (χ2n) is 5.80. The fourth-order valence-corrected chi connectivity index (χ4v) is 3.87. The van der Waals surface area contributed by atoms with Gasteiger partial charge in [-0.05, 0) is 30.5 Å². The highest BCUT2D eigenvalue weighted by atomic mass is 79.9. The van der Waals surface area contributed by atoms with Crippen LogP contribution in [0.4, 0.5) is 4.39 Å². The smallest absolute Gasteiger partial charge is 0.124 e. The molecule has 1 aliphatic heterocycles. The van der Waals surface area contributed by atoms with Crippen molar-refractivity contribution in [3.8, 4) is 0 Å². The largest absolute Gasteiger partial charge is 0.372 e. The fourth-order valence-electron chi connectivity index (χ4n) is 3.26. The first kappa shape index (κ1) is 13.5. The summed E-state index contributed by atoms with van der Waals surface area (Å²) < 4.78 is 20.1. The van der Waals surface area contributed by atoms with E-state index in [0.29, 0.717) is 5.41 Å². The van der Waals surface area contributed by atoms with Crippen LogP contribution < -0.4 is 5.32 Å². The van der Waals surface area contributed by atoms with Crippen LogP contribution in [0.2, 0.25) is 0 Å². The first-order valence-corrected chi connectivity index (χ1v) is 7.75. The van der Waals surface area contributed by atoms with E-state index in [1.807, 2.05) is 6.07 Å². The molecule has 1 unspecified atom stereocenters. The zero-order chi connectivity index (χ0) is 13.3. The quantitative estimate of drug-likeness (QED) is 0.846. The van der Waals surface area contributed by atoms with Crippen LogP contribution in [-0.2, 0) is 4.74 Å². The van der Waals surface area contributed by atoms with Gasteiger partial charge in [0.25, 0.3) is 0 Å². The van der Waals surface area contributed by atoms with Crippen LogP contribution in [-0.4, -0.2) is 19.7 Å². The molecule has 104 valence electrons. The van der Waals surface area contributed by atoms with Gasteiger partial charge in [-0.3, -0.25) is 0 Å². The van der Waals surface area contributed by atoms with Crippen LogP contribution in [0.3, 0.4) is 0 Å². The minimum atomic E-state index is -0.218. The molecular formula is C15H19BrFNO. The van der Waals surface area contributed by atoms with E-state index in [-0.39, 0.29) is 11.9 Å². The molecule has 0 bridgehead atoms. The maximum Gasteiger partial charge on any atom is 0.124 e. The van der Waals surface area contributed by atoms with Crippen LogP contribution in [0.1, 0.15) is 37.4 Å². The van der Waals surface area contributed by atoms with Gasteiger partial charge in [-0.25, -0.2) is 4.39 Å². The Hall–Kier alpha value is -0.450. The van der Waals surface area contributed by atoms with Crippen LogP contribution in [0.15, 0.2) is 22.7 Å². The van der Waals surface area contributed by atoms with Gasteiger partial charge in [-0.15, -0.1) is 0 Å². The van der Waals surface area contributed by atoms with Gasteiger partial charge in [0.15, 0.2) is 0 Å². The van der Waals surface area contributed by atoms with Crippen molar-refractivity contribution < 1.29 is 9.13 Å². The van der Waals surface area contributed by atoms with Crippen molar-refractivity contribution in [3.05, 3.63) is 34.1 Å². The Labute approximate surface area is 121 Å². The fraction of sp³-hybridized carbons (Fsp3) is 0.600. The topological polar surface area (TPSA) is 21.3 Å². The Morgan fingerprint density at radius 3 is 2.84 bits per heavy atom. The second kappa shape index (κ2) is 5.51. The zero-order valence-electron chi connectivity index (χ0n) is 10.9. The van der Waals surface area contributed by atoms with Crippen LogP contribution in [0.5, 0.6) is 0 Å². The summed E-state index contributed by atoms with van der Waals surface area (Å²) in [6.45, 7) is 2.66. The van der Waals surface area contributed by atoms with Gasteiger partial charge >= 0.3 is 0 Å². The van der Waals surface area contributed by atoms with E-state index in [1.165, 1.54) is 37.8 Å². The van der Waals surface area contributed by atoms with Crippen molar-refractivity contribution in [2.24, 2.45) is 5.41 Å². The summed E-state index contributed by atoms with van der Waals surface area (Å²) in [4.78, 5) is 0. The predicted octanol–water partition coefficient (Wildman–Crippen LogP) is 3.81. The molecule has 1 saturated heterocycles. The molecule has 0 radical (unpaired) electrons. The van der Waals surface area contributed by atoms with Crippen LogP contribution in [0, 0.1) is 11.2 Å². The van der Waals surface area contributed by atoms with E-state index in [0.717, 1.165) is 29.7 Å². The lowest BCUT2D eigenvalue weighted by Gasteiger charge is -2.26. The van der Waals surface area contributed by atoms with E-state index in [2.05, 4.69) is 21.2 Å². The molecule has 2 fully saturated rings. The van der Waals surface area contributed by atoms with E-state index in [4.69, 9.17) is 4.74 Å². The number of nitrogens with one attached hydrogen (secondary N) is 1. The molecular weight excluding hydrogens is 309 g/mol. The summed E-state index contributed by atoms with van der Waals surface area (Å²) in [6, 6.07) is 4.83. The number of hydrogen-bond acceptors (Lipinski definition) is 2. The maximum absolute atomic E-state index is 13.1. The summed E-state index contributed by atoms with van der Waals surface area (Å²) in [7, 11) is 0. The first-order valence-electron chi connectivity index (χ1n) is 6.96. The monoisotopic (exact) mass is 327 g/mol. The molecule has 0 amide bonds. The molecule has 3 rings (SSSR count). The third-order valence-corrected chi connectivity index (χ3v) is 5.08. The van der Waals surface area contributed by atoms with Crippen molar-refractivity contribution in [1.29, 1.82) is 0 Å². The summed E-state index contributed by atoms with van der Waals surface area (Å²) >= 11 is 3.44. The molecule has 1 atom stereocenters. The Morgan fingerprint density at radius 1 is 1.32 bits per heavy atom. The van der Waals surface area contributed by atoms with Gasteiger partial charge < -0.3 is 10.1 Å². The van der Waals surface area contributed by atoms with Crippen molar-refractivity contribution in [2.75, 3.05) is 19.7 Å². The summed E-state index contributed by atoms with van der Waals surface area (Å²) in [5.74, 6) is -0.218. The zero-order valence-corrected chi connectivity index (χ0v) is 12.5. The van der Waals surface area contributed by atoms with Gasteiger partial charge in [-0.1, -0.05) is 34.8 Å². The Kier molecular flexibility index (Phi) is 3.92. The van der Waals surface area contributed by atoms with Crippen LogP contribution >= 0.6 is 15.9 Å². The molecule has 1 saturated carbocycles. The number of benzene rings is 1. The minimum absolute atomic E-state index is 0.00921. The van der Waals surface area contributed by atoms with Crippen molar-refractivity contribution in [2.45, 2.75) is 31.8 Å². The molecule has 1 aliphatic carbocycles. The van der Waals surface area contributed by atoms with Crippen molar-refractivity contribution in [1.82, 2.24) is 5.32 Å². The van der Waals surface area contributed by atoms with Gasteiger partial charge in [0.2, 0.25) is 0 Å². The number of hydrogen-bond donors (Lipinski definition) is 1. The van der Waals surface area contributed by atoms with E-state index in [9.17, 15) is 4.39 Å². The van der Waals surface area contributed by atoms with E-state index >= 15 is 0 Å². The number of ether oxygens (including phenoxy) is 1. The normalized spacial score (nSPS) is 26.5. The van der Waals surface area contributed by atoms with Crippen molar-refractivity contribution >= 4 is 15.9 Å². The Morgan fingerprint density at radius 2 is 2.11 bits per heavy atom. The molecule has 4 heteroatoms. The third kappa shape index (κ3) is 2.86. The summed E-state index contributed by atoms with van der Waals surface area (Å²) in [5.41, 5.74) is 1.37. The molecule has 2 nitrogen and oxygen atoms in total. The third-order valence-electron chi connectivity index (χ3n) is 4.39. The van der Waals surface area contributed by atoms with E-state index < -0.39 is 0 Å². The highest BCUT2D eigenvalue weighted by molar-refractivity contribution is 9.10. The average molecular weight is 328 g/mol. The lowest BCUT2D eigenvalue weighted by molar-refractivity contribution is 0.0154. The molecule has 2 aliphatic rings. The van der Waals surface area contributed by atoms with Gasteiger partial charge in [0.1, 0.15) is 5.82 Å². The molecule has 1 aromatic rings. The highest BCUT2D eigenvalue weighted by Gasteiger charge is 2.37. The first-order chi connectivity index (χ1) is 9.19. The lowest BCUT2D eigenvalue weighted by atomic mass is 9.87. The molecule has 19 heavy (non-hydrogen) atoms. The second-order valence-corrected chi connectivity index (χ2v) is 6.66. The Balaban J connectivity index is 1.75. The number of halogens is 2. The minimum Gasteiger partial charge on any atom is -0.372 e. The Bertz CT molecular complexity index is 459. The number of rotatable bonds is 1. The van der Waals surface area contributed by atoms with Crippen LogP contribution in [0.25, 0.3) is 0 Å². The summed E-state index contributed by atoms with van der Waals surface area (Å²) in [5, 5.41) is 3.53. The predicted molar refractivity (Wildman–Crippen MR) is 76.6 cm³/mol.